The first kappa shape index (κ1) is 24.9. The van der Waals surface area contributed by atoms with Gasteiger partial charge in [-0.15, -0.1) is 0 Å². The molecular weight excluding hydrogens is 328 g/mol. The van der Waals surface area contributed by atoms with Crippen molar-refractivity contribution in [3.8, 4) is 0 Å². The Labute approximate surface area is 160 Å². The van der Waals surface area contributed by atoms with Crippen molar-refractivity contribution in [3.63, 3.8) is 0 Å². The normalized spacial score (nSPS) is 11.8. The molecule has 0 amide bonds. The van der Waals surface area contributed by atoms with E-state index in [0.29, 0.717) is 11.8 Å². The molecule has 0 aliphatic carbocycles. The highest BCUT2D eigenvalue weighted by molar-refractivity contribution is 5.92. The Morgan fingerprint density at radius 2 is 1.04 bits per heavy atom. The van der Waals surface area contributed by atoms with Crippen LogP contribution < -0.4 is 0 Å². The first-order chi connectivity index (χ1) is 12.4. The van der Waals surface area contributed by atoms with E-state index in [0.717, 1.165) is 12.8 Å². The summed E-state index contributed by atoms with van der Waals surface area (Å²) in [5.74, 6) is -3.67. The van der Waals surface area contributed by atoms with Crippen LogP contribution in [0.1, 0.15) is 117 Å². The topological polar surface area (TPSA) is 74.6 Å². The molecule has 0 heterocycles. The van der Waals surface area contributed by atoms with Crippen LogP contribution in [-0.2, 0) is 9.59 Å². The van der Waals surface area contributed by atoms with E-state index in [1.54, 1.807) is 0 Å². The third-order valence-electron chi connectivity index (χ3n) is 5.73. The lowest BCUT2D eigenvalue weighted by Gasteiger charge is -2.35. The average molecular weight is 371 g/mol. The quantitative estimate of drug-likeness (QED) is 0.209. The average Bonchev–Trinajstić information content (AvgIpc) is 2.61. The van der Waals surface area contributed by atoms with Crippen molar-refractivity contribution in [1.82, 2.24) is 0 Å². The first-order valence-electron chi connectivity index (χ1n) is 10.9. The summed E-state index contributed by atoms with van der Waals surface area (Å²) in [6.07, 6.45) is 17.1. The molecule has 0 atom stereocenters. The molecule has 0 radical (unpaired) electrons. The third kappa shape index (κ3) is 10.8. The zero-order valence-corrected chi connectivity index (χ0v) is 17.4. The largest absolute Gasteiger partial charge is 0.481 e. The summed E-state index contributed by atoms with van der Waals surface area (Å²) in [7, 11) is 0. The molecule has 0 fully saturated rings. The minimum absolute atomic E-state index is 0.247. The van der Waals surface area contributed by atoms with Gasteiger partial charge in [-0.1, -0.05) is 85.0 Å². The van der Waals surface area contributed by atoms with Gasteiger partial charge in [0.15, 0.2) is 5.92 Å². The monoisotopic (exact) mass is 370 g/mol. The molecule has 0 aromatic heterocycles. The second-order valence-corrected chi connectivity index (χ2v) is 7.99. The summed E-state index contributed by atoms with van der Waals surface area (Å²) in [5.41, 5.74) is 0.493. The summed E-state index contributed by atoms with van der Waals surface area (Å²) in [6.45, 7) is 6.81. The van der Waals surface area contributed by atoms with Crippen molar-refractivity contribution < 1.29 is 19.8 Å². The fourth-order valence-electron chi connectivity index (χ4n) is 3.96. The Balaban J connectivity index is 4.39. The predicted octanol–water partition coefficient (Wildman–Crippen LogP) is 6.67. The Hall–Kier alpha value is -1.06. The highest BCUT2D eigenvalue weighted by atomic mass is 16.4. The molecule has 0 saturated heterocycles. The van der Waals surface area contributed by atoms with Gasteiger partial charge in [-0.2, -0.15) is 0 Å². The third-order valence-corrected chi connectivity index (χ3v) is 5.73. The first-order valence-corrected chi connectivity index (χ1v) is 10.9. The van der Waals surface area contributed by atoms with E-state index >= 15 is 0 Å². The molecule has 26 heavy (non-hydrogen) atoms. The van der Waals surface area contributed by atoms with Crippen LogP contribution in [0.4, 0.5) is 0 Å². The van der Waals surface area contributed by atoms with Crippen molar-refractivity contribution in [2.75, 3.05) is 0 Å². The van der Waals surface area contributed by atoms with Gasteiger partial charge in [-0.3, -0.25) is 9.59 Å². The van der Waals surface area contributed by atoms with Gasteiger partial charge in [0, 0.05) is 0 Å². The summed E-state index contributed by atoms with van der Waals surface area (Å²) in [5, 5.41) is 17.8. The predicted molar refractivity (Wildman–Crippen MR) is 107 cm³/mol. The standard InChI is InChI=1S/C22H42O4/c1-4-7-15-22(16-8-5-2,17-9-6-3)18-13-11-10-12-14-19(20(23)24)21(25)26/h19H,4-18H2,1-3H3,(H,23,24)(H,25,26). The minimum Gasteiger partial charge on any atom is -0.481 e. The maximum atomic E-state index is 10.9. The number of carboxylic acids is 2. The van der Waals surface area contributed by atoms with Crippen molar-refractivity contribution in [3.05, 3.63) is 0 Å². The van der Waals surface area contributed by atoms with Gasteiger partial charge in [0.05, 0.1) is 0 Å². The van der Waals surface area contributed by atoms with Gasteiger partial charge in [-0.05, 0) is 37.5 Å². The van der Waals surface area contributed by atoms with Gasteiger partial charge < -0.3 is 10.2 Å². The Bertz CT molecular complexity index is 343. The van der Waals surface area contributed by atoms with Crippen LogP contribution in [-0.4, -0.2) is 22.2 Å². The number of hydrogen-bond donors (Lipinski definition) is 2. The van der Waals surface area contributed by atoms with E-state index in [2.05, 4.69) is 20.8 Å². The highest BCUT2D eigenvalue weighted by Gasteiger charge is 2.28. The summed E-state index contributed by atoms with van der Waals surface area (Å²) in [6, 6.07) is 0. The molecule has 0 saturated carbocycles. The smallest absolute Gasteiger partial charge is 0.317 e. The number of aliphatic carboxylic acids is 2. The van der Waals surface area contributed by atoms with E-state index in [1.807, 2.05) is 0 Å². The van der Waals surface area contributed by atoms with Crippen molar-refractivity contribution >= 4 is 11.9 Å². The molecule has 0 rings (SSSR count). The van der Waals surface area contributed by atoms with Crippen LogP contribution in [0.15, 0.2) is 0 Å². The molecule has 4 nitrogen and oxygen atoms in total. The molecule has 2 N–H and O–H groups in total. The molecule has 0 bridgehead atoms. The maximum Gasteiger partial charge on any atom is 0.317 e. The number of carboxylic acid groups (broad SMARTS) is 2. The molecular formula is C22H42O4. The number of rotatable bonds is 18. The molecule has 0 aromatic carbocycles. The van der Waals surface area contributed by atoms with Crippen LogP contribution in [0, 0.1) is 11.3 Å². The molecule has 0 aliphatic rings. The lowest BCUT2D eigenvalue weighted by molar-refractivity contribution is -0.154. The fourth-order valence-corrected chi connectivity index (χ4v) is 3.96. The summed E-state index contributed by atoms with van der Waals surface area (Å²) >= 11 is 0. The lowest BCUT2D eigenvalue weighted by Crippen LogP contribution is -2.23. The van der Waals surface area contributed by atoms with Crippen LogP contribution in [0.5, 0.6) is 0 Å². The minimum atomic E-state index is -1.24. The number of unbranched alkanes of at least 4 members (excludes halogenated alkanes) is 6. The SMILES string of the molecule is CCCCC(CCCC)(CCCC)CCCCCCC(C(=O)O)C(=O)O. The number of hydrogen-bond acceptors (Lipinski definition) is 2. The molecule has 0 aliphatic heterocycles. The van der Waals surface area contributed by atoms with Crippen molar-refractivity contribution in [1.29, 1.82) is 0 Å². The Morgan fingerprint density at radius 1 is 0.654 bits per heavy atom. The van der Waals surface area contributed by atoms with Crippen LogP contribution in [0.3, 0.4) is 0 Å². The van der Waals surface area contributed by atoms with Crippen LogP contribution in [0.2, 0.25) is 0 Å². The molecule has 0 unspecified atom stereocenters. The highest BCUT2D eigenvalue weighted by Crippen LogP contribution is 2.41. The molecule has 0 aromatic rings. The van der Waals surface area contributed by atoms with Crippen molar-refractivity contribution in [2.45, 2.75) is 117 Å². The van der Waals surface area contributed by atoms with Gasteiger partial charge in [0.2, 0.25) is 0 Å². The van der Waals surface area contributed by atoms with E-state index < -0.39 is 17.9 Å². The van der Waals surface area contributed by atoms with E-state index in [4.69, 9.17) is 10.2 Å². The van der Waals surface area contributed by atoms with Gasteiger partial charge in [0.25, 0.3) is 0 Å². The zero-order chi connectivity index (χ0) is 19.8. The second kappa shape index (κ2) is 15.0. The number of carbonyl (C=O) groups is 2. The van der Waals surface area contributed by atoms with Gasteiger partial charge in [-0.25, -0.2) is 0 Å². The molecule has 4 heteroatoms. The second-order valence-electron chi connectivity index (χ2n) is 7.99. The lowest BCUT2D eigenvalue weighted by atomic mass is 9.71. The van der Waals surface area contributed by atoms with Crippen LogP contribution in [0.25, 0.3) is 0 Å². The van der Waals surface area contributed by atoms with E-state index in [1.165, 1.54) is 70.6 Å². The summed E-state index contributed by atoms with van der Waals surface area (Å²) in [4.78, 5) is 21.8. The van der Waals surface area contributed by atoms with E-state index in [-0.39, 0.29) is 6.42 Å². The van der Waals surface area contributed by atoms with Gasteiger partial charge in [0.1, 0.15) is 0 Å². The fraction of sp³-hybridized carbons (Fsp3) is 0.909. The van der Waals surface area contributed by atoms with Crippen molar-refractivity contribution in [2.24, 2.45) is 11.3 Å². The Morgan fingerprint density at radius 3 is 1.42 bits per heavy atom. The molecule has 0 spiro atoms. The van der Waals surface area contributed by atoms with E-state index in [9.17, 15) is 9.59 Å². The Kier molecular flexibility index (Phi) is 14.4. The molecule has 154 valence electrons. The van der Waals surface area contributed by atoms with Gasteiger partial charge >= 0.3 is 11.9 Å². The summed E-state index contributed by atoms with van der Waals surface area (Å²) < 4.78 is 0. The maximum absolute atomic E-state index is 10.9. The van der Waals surface area contributed by atoms with Crippen LogP contribution >= 0.6 is 0 Å². The zero-order valence-electron chi connectivity index (χ0n) is 17.4.